The lowest BCUT2D eigenvalue weighted by molar-refractivity contribution is -0.118. The van der Waals surface area contributed by atoms with E-state index in [2.05, 4.69) is 19.2 Å². The van der Waals surface area contributed by atoms with Gasteiger partial charge in [0.1, 0.15) is 11.8 Å². The Hall–Kier alpha value is -3.32. The van der Waals surface area contributed by atoms with Gasteiger partial charge in [0, 0.05) is 17.7 Å². The minimum atomic E-state index is -4.05. The van der Waals surface area contributed by atoms with Gasteiger partial charge in [-0.2, -0.15) is 0 Å². The second-order valence-electron chi connectivity index (χ2n) is 9.51. The van der Waals surface area contributed by atoms with E-state index in [1.54, 1.807) is 48.5 Å². The van der Waals surface area contributed by atoms with E-state index in [1.165, 1.54) is 10.6 Å². The fourth-order valence-electron chi connectivity index (χ4n) is 4.75. The maximum atomic E-state index is 14.2. The molecule has 1 aliphatic heterocycles. The van der Waals surface area contributed by atoms with Crippen molar-refractivity contribution in [2.45, 2.75) is 44.6 Å². The molecule has 0 spiro atoms. The van der Waals surface area contributed by atoms with Gasteiger partial charge in [0.25, 0.3) is 10.0 Å². The van der Waals surface area contributed by atoms with E-state index < -0.39 is 16.1 Å². The van der Waals surface area contributed by atoms with Crippen LogP contribution in [0, 0.1) is 12.3 Å². The summed E-state index contributed by atoms with van der Waals surface area (Å²) in [7, 11) is -4.05. The van der Waals surface area contributed by atoms with Crippen molar-refractivity contribution in [3.63, 3.8) is 0 Å². The molecule has 0 amide bonds. The number of anilines is 2. The first-order valence-electron chi connectivity index (χ1n) is 10.9. The Morgan fingerprint density at radius 1 is 1.00 bits per heavy atom. The first-order chi connectivity index (χ1) is 15.7. The zero-order valence-electron chi connectivity index (χ0n) is 18.8. The van der Waals surface area contributed by atoms with E-state index in [0.717, 1.165) is 11.3 Å². The zero-order chi connectivity index (χ0) is 23.4. The number of para-hydroxylation sites is 2. The molecule has 0 saturated heterocycles. The molecule has 5 rings (SSSR count). The molecule has 2 aliphatic rings. The van der Waals surface area contributed by atoms with E-state index in [0.29, 0.717) is 35.5 Å². The smallest absolute Gasteiger partial charge is 0.265 e. The first kappa shape index (κ1) is 21.5. The predicted molar refractivity (Wildman–Crippen MR) is 127 cm³/mol. The molecule has 0 radical (unpaired) electrons. The summed E-state index contributed by atoms with van der Waals surface area (Å²) in [6.07, 6.45) is 2.46. The van der Waals surface area contributed by atoms with Crippen molar-refractivity contribution >= 4 is 27.2 Å². The maximum absolute atomic E-state index is 14.2. The Morgan fingerprint density at radius 2 is 1.73 bits per heavy atom. The van der Waals surface area contributed by atoms with Crippen LogP contribution in [-0.4, -0.2) is 14.2 Å². The second-order valence-corrected chi connectivity index (χ2v) is 11.3. The number of fused-ring (bicyclic) bond motifs is 1. The van der Waals surface area contributed by atoms with Crippen LogP contribution < -0.4 is 9.62 Å². The third-order valence-electron chi connectivity index (χ3n) is 6.25. The van der Waals surface area contributed by atoms with Crippen molar-refractivity contribution in [3.8, 4) is 0 Å². The number of nitrogens with zero attached hydrogens (tertiary/aromatic N) is 1. The SMILES string of the molecule is Cc1ccc(S(=O)(=O)N2c3ccccc3NC3=C(C(=O)CC(C)(C)C3)[C@H]2c2ccco2)cc1. The number of hydrogen-bond acceptors (Lipinski definition) is 5. The fraction of sp³-hybridized carbons (Fsp3) is 0.269. The van der Waals surface area contributed by atoms with Crippen LogP contribution in [0.2, 0.25) is 0 Å². The van der Waals surface area contributed by atoms with Crippen molar-refractivity contribution in [2.75, 3.05) is 9.62 Å². The molecule has 170 valence electrons. The molecule has 1 aliphatic carbocycles. The van der Waals surface area contributed by atoms with Crippen LogP contribution in [-0.2, 0) is 14.8 Å². The van der Waals surface area contributed by atoms with Crippen molar-refractivity contribution in [2.24, 2.45) is 5.41 Å². The van der Waals surface area contributed by atoms with Crippen LogP contribution in [0.25, 0.3) is 0 Å². The highest BCUT2D eigenvalue weighted by atomic mass is 32.2. The highest BCUT2D eigenvalue weighted by Crippen LogP contribution is 2.50. The molecule has 1 N–H and O–H groups in total. The summed E-state index contributed by atoms with van der Waals surface area (Å²) in [5.41, 5.74) is 3.02. The molecule has 0 fully saturated rings. The number of carbonyl (C=O) groups is 1. The predicted octanol–water partition coefficient (Wildman–Crippen LogP) is 5.59. The van der Waals surface area contributed by atoms with Gasteiger partial charge in [-0.15, -0.1) is 0 Å². The molecule has 1 aromatic heterocycles. The molecule has 2 heterocycles. The van der Waals surface area contributed by atoms with Gasteiger partial charge in [0.05, 0.1) is 22.5 Å². The third kappa shape index (κ3) is 3.66. The van der Waals surface area contributed by atoms with E-state index in [-0.39, 0.29) is 16.1 Å². The van der Waals surface area contributed by atoms with Gasteiger partial charge in [-0.05, 0) is 55.2 Å². The summed E-state index contributed by atoms with van der Waals surface area (Å²) in [6, 6.07) is 16.5. The number of rotatable bonds is 3. The normalized spacial score (nSPS) is 20.0. The molecule has 0 saturated carbocycles. The van der Waals surface area contributed by atoms with Crippen LogP contribution in [0.1, 0.15) is 44.1 Å². The van der Waals surface area contributed by atoms with Crippen LogP contribution >= 0.6 is 0 Å². The number of nitrogens with one attached hydrogen (secondary N) is 1. The first-order valence-corrected chi connectivity index (χ1v) is 12.4. The number of furan rings is 1. The van der Waals surface area contributed by atoms with Gasteiger partial charge in [-0.1, -0.05) is 43.7 Å². The average Bonchev–Trinajstić information content (AvgIpc) is 3.22. The van der Waals surface area contributed by atoms with Gasteiger partial charge >= 0.3 is 0 Å². The van der Waals surface area contributed by atoms with Crippen LogP contribution in [0.5, 0.6) is 0 Å². The number of sulfonamides is 1. The van der Waals surface area contributed by atoms with Gasteiger partial charge in [-0.3, -0.25) is 4.79 Å². The maximum Gasteiger partial charge on any atom is 0.265 e. The molecule has 0 bridgehead atoms. The number of hydrogen-bond donors (Lipinski definition) is 1. The Balaban J connectivity index is 1.82. The Labute approximate surface area is 194 Å². The number of ketones is 1. The molecule has 2 aromatic carbocycles. The van der Waals surface area contributed by atoms with Gasteiger partial charge < -0.3 is 9.73 Å². The zero-order valence-corrected chi connectivity index (χ0v) is 19.6. The van der Waals surface area contributed by atoms with Gasteiger partial charge in [-0.25, -0.2) is 12.7 Å². The summed E-state index contributed by atoms with van der Waals surface area (Å²) in [6.45, 7) is 6.01. The summed E-state index contributed by atoms with van der Waals surface area (Å²) >= 11 is 0. The second kappa shape index (κ2) is 7.63. The van der Waals surface area contributed by atoms with E-state index in [1.807, 2.05) is 19.1 Å². The molecule has 6 nitrogen and oxygen atoms in total. The quantitative estimate of drug-likeness (QED) is 0.549. The minimum absolute atomic E-state index is 0.0768. The summed E-state index contributed by atoms with van der Waals surface area (Å²) in [5, 5.41) is 3.41. The molecular weight excluding hydrogens is 436 g/mol. The Bertz CT molecular complexity index is 1350. The van der Waals surface area contributed by atoms with Crippen LogP contribution in [0.15, 0.2) is 87.5 Å². The van der Waals surface area contributed by atoms with Gasteiger partial charge in [0.15, 0.2) is 5.78 Å². The lowest BCUT2D eigenvalue weighted by Crippen LogP contribution is -2.39. The number of aryl methyl sites for hydroxylation is 1. The number of carbonyl (C=O) groups excluding carboxylic acids is 1. The number of benzene rings is 2. The van der Waals surface area contributed by atoms with Crippen molar-refractivity contribution < 1.29 is 17.6 Å². The highest BCUT2D eigenvalue weighted by Gasteiger charge is 2.46. The molecule has 0 unspecified atom stereocenters. The third-order valence-corrected chi connectivity index (χ3v) is 8.04. The van der Waals surface area contributed by atoms with Gasteiger partial charge in [0.2, 0.25) is 0 Å². The van der Waals surface area contributed by atoms with E-state index in [9.17, 15) is 13.2 Å². The highest BCUT2D eigenvalue weighted by molar-refractivity contribution is 7.92. The molecular formula is C26H26N2O4S. The Kier molecular flexibility index (Phi) is 4.97. The summed E-state index contributed by atoms with van der Waals surface area (Å²) in [4.78, 5) is 13.7. The van der Waals surface area contributed by atoms with Crippen molar-refractivity contribution in [1.29, 1.82) is 0 Å². The molecule has 7 heteroatoms. The molecule has 3 aromatic rings. The topological polar surface area (TPSA) is 79.6 Å². The van der Waals surface area contributed by atoms with E-state index in [4.69, 9.17) is 4.42 Å². The minimum Gasteiger partial charge on any atom is -0.467 e. The monoisotopic (exact) mass is 462 g/mol. The number of Topliss-reactive ketones (excluding diaryl/α,β-unsaturated/α-hetero) is 1. The molecule has 33 heavy (non-hydrogen) atoms. The van der Waals surface area contributed by atoms with E-state index >= 15 is 0 Å². The summed E-state index contributed by atoms with van der Waals surface area (Å²) < 4.78 is 35.4. The van der Waals surface area contributed by atoms with Crippen LogP contribution in [0.3, 0.4) is 0 Å². The van der Waals surface area contributed by atoms with Crippen molar-refractivity contribution in [1.82, 2.24) is 0 Å². The fourth-order valence-corrected chi connectivity index (χ4v) is 6.36. The lowest BCUT2D eigenvalue weighted by atomic mass is 9.74. The molecule has 1 atom stereocenters. The average molecular weight is 463 g/mol. The van der Waals surface area contributed by atoms with Crippen molar-refractivity contribution in [3.05, 3.63) is 89.5 Å². The Morgan fingerprint density at radius 3 is 2.42 bits per heavy atom. The number of allylic oxidation sites excluding steroid dienone is 1. The standard InChI is InChI=1S/C26H26N2O4S/c1-17-10-12-18(13-11-17)33(30,31)28-21-8-5-4-7-19(21)27-20-15-26(2,3)16-22(29)24(20)25(28)23-9-6-14-32-23/h4-14,25,27H,15-16H2,1-3H3/t25-/m1/s1. The largest absolute Gasteiger partial charge is 0.467 e. The lowest BCUT2D eigenvalue weighted by Gasteiger charge is -2.36. The van der Waals surface area contributed by atoms with Crippen LogP contribution in [0.4, 0.5) is 11.4 Å². The summed E-state index contributed by atoms with van der Waals surface area (Å²) in [5.74, 6) is 0.330.